The number of carbonyl (C=O) groups is 1. The molecule has 0 aliphatic rings. The van der Waals surface area contributed by atoms with E-state index in [1.165, 1.54) is 5.56 Å². The number of ether oxygens (including phenoxy) is 1. The molecular weight excluding hydrogens is 418 g/mol. The number of aromatic nitrogens is 4. The molecule has 4 aromatic rings. The zero-order chi connectivity index (χ0) is 23.4. The first-order valence-electron chi connectivity index (χ1n) is 10.9. The average molecular weight is 446 g/mol. The summed E-state index contributed by atoms with van der Waals surface area (Å²) in [7, 11) is 1.62. The predicted octanol–water partition coefficient (Wildman–Crippen LogP) is 3.14. The molecular formula is C25H27N5O3. The molecule has 0 fully saturated rings. The second kappa shape index (κ2) is 9.68. The zero-order valence-corrected chi connectivity index (χ0v) is 19.0. The summed E-state index contributed by atoms with van der Waals surface area (Å²) in [4.78, 5) is 25.2. The van der Waals surface area contributed by atoms with Crippen molar-refractivity contribution in [3.8, 4) is 11.4 Å². The number of hydrogen-bond donors (Lipinski definition) is 1. The highest BCUT2D eigenvalue weighted by Gasteiger charge is 2.12. The molecule has 0 saturated heterocycles. The molecule has 2 aromatic heterocycles. The lowest BCUT2D eigenvalue weighted by Gasteiger charge is -2.09. The van der Waals surface area contributed by atoms with E-state index in [1.807, 2.05) is 56.3 Å². The Bertz CT molecular complexity index is 1340. The van der Waals surface area contributed by atoms with E-state index in [9.17, 15) is 9.59 Å². The van der Waals surface area contributed by atoms with Crippen molar-refractivity contribution < 1.29 is 9.53 Å². The third-order valence-corrected chi connectivity index (χ3v) is 5.76. The molecule has 4 rings (SSSR count). The lowest BCUT2D eigenvalue weighted by Crippen LogP contribution is -2.22. The molecule has 8 heteroatoms. The Morgan fingerprint density at radius 1 is 1.03 bits per heavy atom. The lowest BCUT2D eigenvalue weighted by molar-refractivity contribution is -0.121. The molecule has 2 aromatic carbocycles. The fraction of sp³-hybridized carbons (Fsp3) is 0.280. The van der Waals surface area contributed by atoms with Crippen molar-refractivity contribution >= 4 is 11.6 Å². The van der Waals surface area contributed by atoms with Gasteiger partial charge in [-0.1, -0.05) is 18.2 Å². The highest BCUT2D eigenvalue weighted by atomic mass is 16.5. The normalized spacial score (nSPS) is 11.0. The number of methoxy groups -OCH3 is 1. The van der Waals surface area contributed by atoms with E-state index in [0.717, 1.165) is 22.6 Å². The molecule has 0 bridgehead atoms. The average Bonchev–Trinajstić information content (AvgIpc) is 3.24. The van der Waals surface area contributed by atoms with Crippen LogP contribution in [-0.2, 0) is 17.8 Å². The molecule has 2 heterocycles. The SMILES string of the molecule is COc1ccc(CNC(=O)CCCc2nnc3c(=O)n(-c4ccc(C)c(C)c4)ccn23)cc1. The standard InChI is InChI=1S/C25H27N5O3/c1-17-7-10-20(15-18(17)2)29-13-14-30-22(27-28-24(30)25(29)32)5-4-6-23(31)26-16-19-8-11-21(33-3)12-9-19/h7-15H,4-6,16H2,1-3H3,(H,26,31). The van der Waals surface area contributed by atoms with Crippen molar-refractivity contribution in [3.63, 3.8) is 0 Å². The third-order valence-electron chi connectivity index (χ3n) is 5.76. The first kappa shape index (κ1) is 22.3. The summed E-state index contributed by atoms with van der Waals surface area (Å²) in [5.41, 5.74) is 4.14. The van der Waals surface area contributed by atoms with E-state index in [1.54, 1.807) is 28.5 Å². The van der Waals surface area contributed by atoms with Gasteiger partial charge in [0.25, 0.3) is 0 Å². The summed E-state index contributed by atoms with van der Waals surface area (Å²) in [5, 5.41) is 11.2. The Kier molecular flexibility index (Phi) is 6.53. The topological polar surface area (TPSA) is 90.5 Å². The quantitative estimate of drug-likeness (QED) is 0.450. The van der Waals surface area contributed by atoms with Gasteiger partial charge in [0, 0.05) is 37.5 Å². The molecule has 0 spiro atoms. The zero-order valence-electron chi connectivity index (χ0n) is 19.0. The Hall–Kier alpha value is -3.94. The van der Waals surface area contributed by atoms with Crippen molar-refractivity contribution in [2.24, 2.45) is 0 Å². The maximum atomic E-state index is 12.9. The minimum Gasteiger partial charge on any atom is -0.497 e. The van der Waals surface area contributed by atoms with Crippen LogP contribution in [0.5, 0.6) is 5.75 Å². The Balaban J connectivity index is 1.37. The first-order chi connectivity index (χ1) is 16.0. The summed E-state index contributed by atoms with van der Waals surface area (Å²) >= 11 is 0. The van der Waals surface area contributed by atoms with Crippen molar-refractivity contribution in [1.82, 2.24) is 24.5 Å². The van der Waals surface area contributed by atoms with Crippen molar-refractivity contribution in [2.45, 2.75) is 39.7 Å². The number of benzene rings is 2. The summed E-state index contributed by atoms with van der Waals surface area (Å²) in [5.74, 6) is 1.42. The Morgan fingerprint density at radius 3 is 2.55 bits per heavy atom. The maximum absolute atomic E-state index is 12.9. The van der Waals surface area contributed by atoms with Gasteiger partial charge >= 0.3 is 5.56 Å². The monoisotopic (exact) mass is 445 g/mol. The molecule has 33 heavy (non-hydrogen) atoms. The smallest absolute Gasteiger partial charge is 0.300 e. The summed E-state index contributed by atoms with van der Waals surface area (Å²) in [6.07, 6.45) is 5.04. The summed E-state index contributed by atoms with van der Waals surface area (Å²) in [6, 6.07) is 13.5. The van der Waals surface area contributed by atoms with Crippen LogP contribution in [0.1, 0.15) is 35.4 Å². The second-order valence-corrected chi connectivity index (χ2v) is 8.03. The van der Waals surface area contributed by atoms with Crippen molar-refractivity contribution in [1.29, 1.82) is 0 Å². The van der Waals surface area contributed by atoms with Crippen LogP contribution in [0.25, 0.3) is 11.3 Å². The second-order valence-electron chi connectivity index (χ2n) is 8.03. The third kappa shape index (κ3) is 4.95. The van der Waals surface area contributed by atoms with Crippen molar-refractivity contribution in [3.05, 3.63) is 87.7 Å². The molecule has 0 radical (unpaired) electrons. The van der Waals surface area contributed by atoms with Gasteiger partial charge in [0.2, 0.25) is 11.6 Å². The fourth-order valence-electron chi connectivity index (χ4n) is 3.62. The van der Waals surface area contributed by atoms with Gasteiger partial charge in [0.15, 0.2) is 0 Å². The Morgan fingerprint density at radius 2 is 1.82 bits per heavy atom. The molecule has 0 aliphatic heterocycles. The molecule has 1 amide bonds. The largest absolute Gasteiger partial charge is 0.497 e. The van der Waals surface area contributed by atoms with Gasteiger partial charge in [0.1, 0.15) is 11.6 Å². The number of fused-ring (bicyclic) bond motifs is 1. The number of hydrogen-bond acceptors (Lipinski definition) is 5. The number of nitrogens with zero attached hydrogens (tertiary/aromatic N) is 4. The molecule has 0 unspecified atom stereocenters. The molecule has 0 aliphatic carbocycles. The molecule has 170 valence electrons. The maximum Gasteiger partial charge on any atom is 0.300 e. The van der Waals surface area contributed by atoms with Crippen LogP contribution < -0.4 is 15.6 Å². The van der Waals surface area contributed by atoms with Gasteiger partial charge in [-0.15, -0.1) is 10.2 Å². The molecule has 8 nitrogen and oxygen atoms in total. The van der Waals surface area contributed by atoms with Gasteiger partial charge in [-0.3, -0.25) is 18.6 Å². The summed E-state index contributed by atoms with van der Waals surface area (Å²) < 4.78 is 8.42. The number of carbonyl (C=O) groups excluding carboxylic acids is 1. The van der Waals surface area contributed by atoms with Crippen LogP contribution in [0.3, 0.4) is 0 Å². The minimum absolute atomic E-state index is 0.0308. The van der Waals surface area contributed by atoms with Crippen LogP contribution in [0, 0.1) is 13.8 Å². The van der Waals surface area contributed by atoms with Gasteiger partial charge in [-0.2, -0.15) is 0 Å². The van der Waals surface area contributed by atoms with Crippen molar-refractivity contribution in [2.75, 3.05) is 7.11 Å². The highest BCUT2D eigenvalue weighted by Crippen LogP contribution is 2.14. The molecule has 0 saturated carbocycles. The van der Waals surface area contributed by atoms with Crippen LogP contribution in [0.15, 0.2) is 59.7 Å². The first-order valence-corrected chi connectivity index (χ1v) is 10.9. The van der Waals surface area contributed by atoms with Gasteiger partial charge in [-0.25, -0.2) is 0 Å². The summed E-state index contributed by atoms with van der Waals surface area (Å²) in [6.45, 7) is 4.52. The van der Waals surface area contributed by atoms with Crippen LogP contribution in [-0.4, -0.2) is 32.2 Å². The molecule has 0 atom stereocenters. The lowest BCUT2D eigenvalue weighted by atomic mass is 10.1. The Labute approximate surface area is 191 Å². The van der Waals surface area contributed by atoms with E-state index in [4.69, 9.17) is 4.74 Å². The highest BCUT2D eigenvalue weighted by molar-refractivity contribution is 5.75. The van der Waals surface area contributed by atoms with Gasteiger partial charge in [0.05, 0.1) is 7.11 Å². The molecule has 1 N–H and O–H groups in total. The van der Waals surface area contributed by atoms with Crippen LogP contribution >= 0.6 is 0 Å². The van der Waals surface area contributed by atoms with E-state index in [-0.39, 0.29) is 17.1 Å². The van der Waals surface area contributed by atoms with Gasteiger partial charge < -0.3 is 10.1 Å². The number of rotatable bonds is 8. The fourth-order valence-corrected chi connectivity index (χ4v) is 3.62. The number of nitrogens with one attached hydrogen (secondary N) is 1. The van der Waals surface area contributed by atoms with E-state index >= 15 is 0 Å². The predicted molar refractivity (Wildman–Crippen MR) is 126 cm³/mol. The minimum atomic E-state index is -0.225. The van der Waals surface area contributed by atoms with Crippen LogP contribution in [0.4, 0.5) is 0 Å². The number of aryl methyl sites for hydroxylation is 3. The van der Waals surface area contributed by atoms with E-state index in [2.05, 4.69) is 15.5 Å². The number of amides is 1. The van der Waals surface area contributed by atoms with Gasteiger partial charge in [-0.05, 0) is 61.2 Å². The van der Waals surface area contributed by atoms with E-state index in [0.29, 0.717) is 31.6 Å². The van der Waals surface area contributed by atoms with Crippen LogP contribution in [0.2, 0.25) is 0 Å². The van der Waals surface area contributed by atoms with E-state index < -0.39 is 0 Å².